The van der Waals surface area contributed by atoms with Crippen molar-refractivity contribution in [2.45, 2.75) is 13.5 Å². The van der Waals surface area contributed by atoms with E-state index in [9.17, 15) is 9.50 Å². The van der Waals surface area contributed by atoms with E-state index in [-0.39, 0.29) is 12.4 Å². The molecule has 0 bridgehead atoms. The normalized spacial score (nSPS) is 14.1. The third-order valence-electron chi connectivity index (χ3n) is 3.76. The fourth-order valence-electron chi connectivity index (χ4n) is 2.55. The van der Waals surface area contributed by atoms with Crippen LogP contribution in [0.3, 0.4) is 0 Å². The molecule has 4 heteroatoms. The van der Waals surface area contributed by atoms with Gasteiger partial charge in [-0.3, -0.25) is 10.4 Å². The molecule has 118 valence electrons. The maximum absolute atomic E-state index is 13.5. The second-order valence-corrected chi connectivity index (χ2v) is 5.61. The highest BCUT2D eigenvalue weighted by molar-refractivity contribution is 5.68. The number of rotatable bonds is 4. The number of nitrogens with zero attached hydrogens (tertiary/aromatic N) is 1. The summed E-state index contributed by atoms with van der Waals surface area (Å²) in [6.45, 7) is 2.37. The first-order valence-electron chi connectivity index (χ1n) is 7.53. The molecule has 3 nitrogen and oxygen atoms in total. The van der Waals surface area contributed by atoms with Crippen LogP contribution in [0, 0.1) is 12.7 Å². The van der Waals surface area contributed by atoms with Crippen LogP contribution in [-0.2, 0) is 6.54 Å². The summed E-state index contributed by atoms with van der Waals surface area (Å²) in [5, 5.41) is 11.4. The summed E-state index contributed by atoms with van der Waals surface area (Å²) in [7, 11) is 0. The number of hydrogen-bond donors (Lipinski definition) is 2. The van der Waals surface area contributed by atoms with Crippen molar-refractivity contribution in [1.29, 1.82) is 0 Å². The second-order valence-electron chi connectivity index (χ2n) is 5.61. The predicted octanol–water partition coefficient (Wildman–Crippen LogP) is 3.37. The van der Waals surface area contributed by atoms with Crippen LogP contribution in [0.2, 0.25) is 0 Å². The highest BCUT2D eigenvalue weighted by atomic mass is 19.1. The Labute approximate surface area is 135 Å². The van der Waals surface area contributed by atoms with Crippen LogP contribution in [0.5, 0.6) is 0 Å². The molecule has 0 amide bonds. The van der Waals surface area contributed by atoms with Crippen molar-refractivity contribution in [1.82, 2.24) is 10.4 Å². The van der Waals surface area contributed by atoms with E-state index in [0.717, 1.165) is 22.4 Å². The first-order chi connectivity index (χ1) is 11.2. The van der Waals surface area contributed by atoms with Crippen LogP contribution < -0.4 is 5.43 Å². The third kappa shape index (κ3) is 3.60. The number of benzene rings is 2. The van der Waals surface area contributed by atoms with E-state index in [1.807, 2.05) is 47.6 Å². The van der Waals surface area contributed by atoms with Gasteiger partial charge in [0.15, 0.2) is 0 Å². The molecule has 2 N–H and O–H groups in total. The van der Waals surface area contributed by atoms with Gasteiger partial charge < -0.3 is 5.11 Å². The Hall–Kier alpha value is -2.59. The lowest BCUT2D eigenvalue weighted by atomic mass is 10.1. The van der Waals surface area contributed by atoms with E-state index in [1.165, 1.54) is 6.07 Å². The molecule has 23 heavy (non-hydrogen) atoms. The average Bonchev–Trinajstić information content (AvgIpc) is 2.58. The summed E-state index contributed by atoms with van der Waals surface area (Å²) < 4.78 is 13.5. The third-order valence-corrected chi connectivity index (χ3v) is 3.76. The summed E-state index contributed by atoms with van der Waals surface area (Å²) in [5.74, 6) is -0.218. The standard InChI is InChI=1S/C19H19FN2O/c1-14-9-17(7-8-18(14)20)19-10-16(13-23)12-22(21-19)11-15-5-3-2-4-6-15/h2-10,12,21,23H,11,13H2,1H3. The van der Waals surface area contributed by atoms with Crippen LogP contribution >= 0.6 is 0 Å². The Morgan fingerprint density at radius 3 is 2.61 bits per heavy atom. The number of aryl methyl sites for hydroxylation is 1. The van der Waals surface area contributed by atoms with Gasteiger partial charge in [-0.1, -0.05) is 30.3 Å². The number of hydrogen-bond acceptors (Lipinski definition) is 3. The molecule has 2 aromatic carbocycles. The van der Waals surface area contributed by atoms with E-state index in [2.05, 4.69) is 5.43 Å². The van der Waals surface area contributed by atoms with Crippen molar-refractivity contribution >= 4 is 5.70 Å². The SMILES string of the molecule is Cc1cc(C2=CC(CO)=CN(Cc3ccccc3)N2)ccc1F. The van der Waals surface area contributed by atoms with Gasteiger partial charge in [-0.25, -0.2) is 4.39 Å². The average molecular weight is 310 g/mol. The Balaban J connectivity index is 1.85. The first kappa shape index (κ1) is 15.3. The Morgan fingerprint density at radius 2 is 1.91 bits per heavy atom. The molecule has 1 aliphatic rings. The van der Waals surface area contributed by atoms with Crippen molar-refractivity contribution in [2.24, 2.45) is 0 Å². The van der Waals surface area contributed by atoms with Gasteiger partial charge in [-0.15, -0.1) is 0 Å². The lowest BCUT2D eigenvalue weighted by molar-refractivity contribution is 0.292. The molecular weight excluding hydrogens is 291 g/mol. The van der Waals surface area contributed by atoms with Crippen LogP contribution in [0.4, 0.5) is 4.39 Å². The van der Waals surface area contributed by atoms with E-state index < -0.39 is 0 Å². The summed E-state index contributed by atoms with van der Waals surface area (Å²) in [6, 6.07) is 15.1. The van der Waals surface area contributed by atoms with Gasteiger partial charge in [0.05, 0.1) is 18.8 Å². The predicted molar refractivity (Wildman–Crippen MR) is 89.4 cm³/mol. The maximum Gasteiger partial charge on any atom is 0.126 e. The zero-order valence-electron chi connectivity index (χ0n) is 13.0. The monoisotopic (exact) mass is 310 g/mol. The minimum absolute atomic E-state index is 0.0450. The van der Waals surface area contributed by atoms with Crippen LogP contribution in [0.1, 0.15) is 16.7 Å². The summed E-state index contributed by atoms with van der Waals surface area (Å²) in [6.07, 6.45) is 3.76. The van der Waals surface area contributed by atoms with Crippen molar-refractivity contribution in [3.8, 4) is 0 Å². The fourth-order valence-corrected chi connectivity index (χ4v) is 2.55. The molecule has 1 aliphatic heterocycles. The van der Waals surface area contributed by atoms with Crippen molar-refractivity contribution in [2.75, 3.05) is 6.61 Å². The van der Waals surface area contributed by atoms with E-state index >= 15 is 0 Å². The summed E-state index contributed by atoms with van der Waals surface area (Å²) in [4.78, 5) is 0. The van der Waals surface area contributed by atoms with Gasteiger partial charge in [-0.05, 0) is 53.5 Å². The van der Waals surface area contributed by atoms with Crippen molar-refractivity contribution in [3.63, 3.8) is 0 Å². The minimum atomic E-state index is -0.218. The topological polar surface area (TPSA) is 35.5 Å². The highest BCUT2D eigenvalue weighted by Crippen LogP contribution is 2.22. The quantitative estimate of drug-likeness (QED) is 0.909. The minimum Gasteiger partial charge on any atom is -0.392 e. The van der Waals surface area contributed by atoms with E-state index in [4.69, 9.17) is 0 Å². The molecule has 0 saturated carbocycles. The number of halogens is 1. The van der Waals surface area contributed by atoms with Crippen molar-refractivity contribution < 1.29 is 9.50 Å². The lowest BCUT2D eigenvalue weighted by Gasteiger charge is -2.29. The molecule has 2 aromatic rings. The molecule has 0 atom stereocenters. The van der Waals surface area contributed by atoms with Crippen LogP contribution in [-0.4, -0.2) is 16.7 Å². The molecule has 1 heterocycles. The van der Waals surface area contributed by atoms with E-state index in [0.29, 0.717) is 12.1 Å². The number of aliphatic hydroxyl groups excluding tert-OH is 1. The fraction of sp³-hybridized carbons (Fsp3) is 0.158. The number of nitrogens with one attached hydrogen (secondary N) is 1. The largest absolute Gasteiger partial charge is 0.392 e. The number of hydrazine groups is 1. The van der Waals surface area contributed by atoms with Gasteiger partial charge in [-0.2, -0.15) is 0 Å². The molecule has 0 radical (unpaired) electrons. The zero-order chi connectivity index (χ0) is 16.2. The Morgan fingerprint density at radius 1 is 1.13 bits per heavy atom. The first-order valence-corrected chi connectivity index (χ1v) is 7.53. The van der Waals surface area contributed by atoms with Gasteiger partial charge >= 0.3 is 0 Å². The molecular formula is C19H19FN2O. The van der Waals surface area contributed by atoms with Gasteiger partial charge in [0.1, 0.15) is 5.82 Å². The lowest BCUT2D eigenvalue weighted by Crippen LogP contribution is -2.34. The van der Waals surface area contributed by atoms with Gasteiger partial charge in [0.2, 0.25) is 0 Å². The smallest absolute Gasteiger partial charge is 0.126 e. The van der Waals surface area contributed by atoms with Crippen molar-refractivity contribution in [3.05, 3.63) is 88.9 Å². The van der Waals surface area contributed by atoms with E-state index in [1.54, 1.807) is 19.1 Å². The molecule has 3 rings (SSSR count). The maximum atomic E-state index is 13.5. The Kier molecular flexibility index (Phi) is 4.44. The molecule has 0 spiro atoms. The van der Waals surface area contributed by atoms with Gasteiger partial charge in [0.25, 0.3) is 0 Å². The molecule has 0 aromatic heterocycles. The molecule has 0 aliphatic carbocycles. The molecule has 0 unspecified atom stereocenters. The highest BCUT2D eigenvalue weighted by Gasteiger charge is 2.14. The zero-order valence-corrected chi connectivity index (χ0v) is 13.0. The summed E-state index contributed by atoms with van der Waals surface area (Å²) >= 11 is 0. The Bertz CT molecular complexity index is 753. The molecule has 0 saturated heterocycles. The number of aliphatic hydroxyl groups is 1. The van der Waals surface area contributed by atoms with Crippen LogP contribution in [0.25, 0.3) is 5.70 Å². The van der Waals surface area contributed by atoms with Crippen LogP contribution in [0.15, 0.2) is 66.4 Å². The van der Waals surface area contributed by atoms with Gasteiger partial charge in [0, 0.05) is 6.20 Å². The molecule has 0 fully saturated rings. The second kappa shape index (κ2) is 6.67. The summed E-state index contributed by atoms with van der Waals surface area (Å²) in [5.41, 5.74) is 7.60.